The van der Waals surface area contributed by atoms with Gasteiger partial charge in [0.1, 0.15) is 5.69 Å². The van der Waals surface area contributed by atoms with Crippen LogP contribution in [0.1, 0.15) is 16.4 Å². The summed E-state index contributed by atoms with van der Waals surface area (Å²) in [4.78, 5) is 20.7. The molecule has 10 nitrogen and oxygen atoms in total. The van der Waals surface area contributed by atoms with E-state index in [-0.39, 0.29) is 21.7 Å². The highest BCUT2D eigenvalue weighted by Crippen LogP contribution is 2.28. The maximum atomic E-state index is 12.8. The van der Waals surface area contributed by atoms with Gasteiger partial charge in [-0.15, -0.1) is 0 Å². The Labute approximate surface area is 183 Å². The van der Waals surface area contributed by atoms with Crippen molar-refractivity contribution in [2.45, 2.75) is 11.4 Å². The Morgan fingerprint density at radius 1 is 1.19 bits per heavy atom. The second-order valence-corrected chi connectivity index (χ2v) is 9.20. The average Bonchev–Trinajstić information content (AvgIpc) is 3.41. The standard InChI is InChI=1S/C20H20N8O2S.3H2/c1-27-11-17(23-12-27)31(29,30)28-8-6-13(7-9-28)16-10-22-19(21)18(24-16)20-25-14-4-2-3-5-15(14)26-20;;;/h2-6,10-12H,7-9H2,1H3,(H2,21,22)(H,25,26);3*1H. The van der Waals surface area contributed by atoms with Gasteiger partial charge in [-0.25, -0.2) is 28.4 Å². The number of imidazole rings is 2. The molecule has 11 heteroatoms. The lowest BCUT2D eigenvalue weighted by Crippen LogP contribution is -2.35. The van der Waals surface area contributed by atoms with Crippen LogP contribution in [0.25, 0.3) is 28.1 Å². The third-order valence-electron chi connectivity index (χ3n) is 5.20. The van der Waals surface area contributed by atoms with Gasteiger partial charge in [0.05, 0.1) is 29.3 Å². The first-order valence-electron chi connectivity index (χ1n) is 9.67. The van der Waals surface area contributed by atoms with Crippen molar-refractivity contribution in [3.05, 3.63) is 54.8 Å². The molecule has 1 aliphatic heterocycles. The zero-order valence-electron chi connectivity index (χ0n) is 16.7. The topological polar surface area (TPSA) is 136 Å². The van der Waals surface area contributed by atoms with E-state index in [0.29, 0.717) is 30.2 Å². The summed E-state index contributed by atoms with van der Waals surface area (Å²) >= 11 is 0. The van der Waals surface area contributed by atoms with Gasteiger partial charge < -0.3 is 15.3 Å². The second kappa shape index (κ2) is 7.29. The van der Waals surface area contributed by atoms with Crippen LogP contribution in [-0.2, 0) is 17.1 Å². The average molecular weight is 443 g/mol. The minimum Gasteiger partial charge on any atom is -0.382 e. The number of fused-ring (bicyclic) bond motifs is 1. The van der Waals surface area contributed by atoms with E-state index in [1.165, 1.54) is 16.8 Å². The van der Waals surface area contributed by atoms with Crippen LogP contribution in [0, 0.1) is 0 Å². The fourth-order valence-electron chi connectivity index (χ4n) is 3.55. The molecule has 164 valence electrons. The van der Waals surface area contributed by atoms with Crippen LogP contribution in [-0.4, -0.2) is 55.3 Å². The summed E-state index contributed by atoms with van der Waals surface area (Å²) in [6.45, 7) is 0.567. The van der Waals surface area contributed by atoms with Crippen molar-refractivity contribution in [1.29, 1.82) is 0 Å². The third-order valence-corrected chi connectivity index (χ3v) is 6.95. The first-order valence-corrected chi connectivity index (χ1v) is 11.1. The molecule has 3 aromatic heterocycles. The number of H-pyrrole nitrogens is 1. The molecular weight excluding hydrogens is 416 g/mol. The lowest BCUT2D eigenvalue weighted by molar-refractivity contribution is 0.439. The molecule has 4 aromatic rings. The molecule has 0 amide bonds. The van der Waals surface area contributed by atoms with E-state index >= 15 is 0 Å². The number of nitrogens with two attached hydrogens (primary N) is 1. The summed E-state index contributed by atoms with van der Waals surface area (Å²) in [5, 5.41) is 0.0475. The van der Waals surface area contributed by atoms with Gasteiger partial charge in [-0.05, 0) is 24.1 Å². The molecule has 0 atom stereocenters. The van der Waals surface area contributed by atoms with Crippen LogP contribution in [0.5, 0.6) is 0 Å². The van der Waals surface area contributed by atoms with Crippen molar-refractivity contribution in [1.82, 2.24) is 33.8 Å². The summed E-state index contributed by atoms with van der Waals surface area (Å²) in [5.74, 6) is 0.822. The van der Waals surface area contributed by atoms with Crippen molar-refractivity contribution in [3.63, 3.8) is 0 Å². The van der Waals surface area contributed by atoms with E-state index in [1.807, 2.05) is 30.3 Å². The predicted octanol–water partition coefficient (Wildman–Crippen LogP) is 2.55. The number of nitrogen functional groups attached to an aromatic ring is 1. The Kier molecular flexibility index (Phi) is 4.56. The maximum Gasteiger partial charge on any atom is 0.262 e. The second-order valence-electron chi connectivity index (χ2n) is 7.31. The number of aryl methyl sites for hydroxylation is 1. The van der Waals surface area contributed by atoms with Gasteiger partial charge in [0.15, 0.2) is 16.7 Å². The van der Waals surface area contributed by atoms with Crippen LogP contribution in [0.4, 0.5) is 5.82 Å². The van der Waals surface area contributed by atoms with Crippen molar-refractivity contribution < 1.29 is 12.7 Å². The number of hydrogen-bond donors (Lipinski definition) is 2. The van der Waals surface area contributed by atoms with Gasteiger partial charge in [0.25, 0.3) is 10.0 Å². The van der Waals surface area contributed by atoms with Gasteiger partial charge in [-0.1, -0.05) is 18.2 Å². The zero-order chi connectivity index (χ0) is 21.6. The lowest BCUT2D eigenvalue weighted by atomic mass is 10.1. The Bertz CT molecular complexity index is 1400. The number of aromatic nitrogens is 6. The van der Waals surface area contributed by atoms with Crippen molar-refractivity contribution in [3.8, 4) is 11.5 Å². The number of benzene rings is 1. The minimum absolute atomic E-state index is 0. The minimum atomic E-state index is -3.63. The molecule has 0 bridgehead atoms. The van der Waals surface area contributed by atoms with E-state index in [0.717, 1.165) is 16.6 Å². The predicted molar refractivity (Wildman–Crippen MR) is 122 cm³/mol. The van der Waals surface area contributed by atoms with Crippen molar-refractivity contribution in [2.75, 3.05) is 18.8 Å². The Morgan fingerprint density at radius 3 is 2.74 bits per heavy atom. The molecule has 3 N–H and O–H groups in total. The Hall–Kier alpha value is -3.57. The fourth-order valence-corrected chi connectivity index (χ4v) is 4.89. The normalized spacial score (nSPS) is 15.3. The van der Waals surface area contributed by atoms with E-state index in [4.69, 9.17) is 5.73 Å². The van der Waals surface area contributed by atoms with Gasteiger partial charge >= 0.3 is 0 Å². The Balaban J connectivity index is 0.00000136. The number of nitrogens with one attached hydrogen (secondary N) is 1. The number of sulfonamides is 1. The molecule has 0 fully saturated rings. The number of nitrogens with zero attached hydrogens (tertiary/aromatic N) is 6. The molecule has 0 saturated heterocycles. The van der Waals surface area contributed by atoms with Crippen molar-refractivity contribution >= 4 is 32.4 Å². The molecule has 31 heavy (non-hydrogen) atoms. The summed E-state index contributed by atoms with van der Waals surface area (Å²) in [7, 11) is -1.90. The number of hydrogen-bond acceptors (Lipinski definition) is 7. The van der Waals surface area contributed by atoms with Gasteiger partial charge in [0.2, 0.25) is 0 Å². The molecule has 0 aliphatic carbocycles. The number of rotatable bonds is 4. The summed E-state index contributed by atoms with van der Waals surface area (Å²) < 4.78 is 28.6. The van der Waals surface area contributed by atoms with Crippen LogP contribution in [0.15, 0.2) is 54.1 Å². The molecule has 0 unspecified atom stereocenters. The number of anilines is 1. The highest BCUT2D eigenvalue weighted by Gasteiger charge is 2.28. The molecule has 0 spiro atoms. The van der Waals surface area contributed by atoms with Gasteiger partial charge in [-0.2, -0.15) is 4.31 Å². The Morgan fingerprint density at radius 2 is 2.03 bits per heavy atom. The third kappa shape index (κ3) is 3.47. The van der Waals surface area contributed by atoms with Crippen LogP contribution < -0.4 is 5.73 Å². The smallest absolute Gasteiger partial charge is 0.262 e. The molecule has 1 aliphatic rings. The first-order chi connectivity index (χ1) is 14.9. The van der Waals surface area contributed by atoms with E-state index < -0.39 is 10.0 Å². The summed E-state index contributed by atoms with van der Waals surface area (Å²) in [6.07, 6.45) is 6.94. The molecule has 1 aromatic carbocycles. The van der Waals surface area contributed by atoms with E-state index in [9.17, 15) is 8.42 Å². The van der Waals surface area contributed by atoms with Crippen LogP contribution in [0.3, 0.4) is 0 Å². The SMILES string of the molecule is Cn1cnc(S(=O)(=O)N2CC=C(c3cnc(N)c(-c4nc5ccccc5[nH]4)n3)CC2)c1.[HH].[HH].[HH]. The fraction of sp³-hybridized carbons (Fsp3) is 0.200. The molecule has 0 radical (unpaired) electrons. The zero-order valence-corrected chi connectivity index (χ0v) is 17.5. The highest BCUT2D eigenvalue weighted by molar-refractivity contribution is 7.89. The monoisotopic (exact) mass is 442 g/mol. The van der Waals surface area contributed by atoms with E-state index in [2.05, 4.69) is 24.9 Å². The molecular formula is C20H26N8O2S. The van der Waals surface area contributed by atoms with Gasteiger partial charge in [-0.3, -0.25) is 0 Å². The molecule has 4 heterocycles. The highest BCUT2D eigenvalue weighted by atomic mass is 32.2. The maximum absolute atomic E-state index is 12.8. The van der Waals surface area contributed by atoms with E-state index in [1.54, 1.807) is 17.8 Å². The first kappa shape index (κ1) is 19.4. The number of aromatic amines is 1. The number of para-hydroxylation sites is 2. The quantitative estimate of drug-likeness (QED) is 0.496. The summed E-state index contributed by atoms with van der Waals surface area (Å²) in [5.41, 5.74) is 9.81. The van der Waals surface area contributed by atoms with Gasteiger partial charge in [0, 0.05) is 30.6 Å². The molecule has 5 rings (SSSR count). The van der Waals surface area contributed by atoms with Crippen molar-refractivity contribution in [2.24, 2.45) is 7.05 Å². The molecule has 0 saturated carbocycles. The largest absolute Gasteiger partial charge is 0.382 e. The summed E-state index contributed by atoms with van der Waals surface area (Å²) in [6, 6.07) is 7.67. The van der Waals surface area contributed by atoms with Crippen LogP contribution >= 0.6 is 0 Å². The van der Waals surface area contributed by atoms with Crippen LogP contribution in [0.2, 0.25) is 0 Å². The lowest BCUT2D eigenvalue weighted by Gasteiger charge is -2.24.